The van der Waals surface area contributed by atoms with Gasteiger partial charge in [0.2, 0.25) is 0 Å². The molecule has 1 heterocycles. The minimum absolute atomic E-state index is 0.422. The normalized spacial score (nSPS) is 17.8. The quantitative estimate of drug-likeness (QED) is 0.545. The lowest BCUT2D eigenvalue weighted by molar-refractivity contribution is -0.119. The molecule has 0 bridgehead atoms. The molecule has 1 rings (SSSR count). The number of nitrogens with one attached hydrogen (secondary N) is 1. The van der Waals surface area contributed by atoms with Crippen molar-refractivity contribution in [1.29, 1.82) is 0 Å². The van der Waals surface area contributed by atoms with E-state index < -0.39 is 11.7 Å². The summed E-state index contributed by atoms with van der Waals surface area (Å²) in [6, 6.07) is 0. The molecule has 0 atom stereocenters. The predicted octanol–water partition coefficient (Wildman–Crippen LogP) is 3.74. The van der Waals surface area contributed by atoms with Gasteiger partial charge in [-0.25, -0.2) is 4.39 Å². The molecule has 1 fully saturated rings. The zero-order valence-electron chi connectivity index (χ0n) is 12.8. The van der Waals surface area contributed by atoms with Crippen LogP contribution in [0, 0.1) is 5.92 Å². The van der Waals surface area contributed by atoms with E-state index in [9.17, 15) is 9.18 Å². The number of halogens is 1. The maximum Gasteiger partial charge on any atom is 0.279 e. The van der Waals surface area contributed by atoms with E-state index in [0.29, 0.717) is 24.5 Å². The van der Waals surface area contributed by atoms with Crippen molar-refractivity contribution in [1.82, 2.24) is 5.32 Å². The molecule has 1 aliphatic heterocycles. The number of carbonyl (C=O) groups is 1. The molecule has 0 aromatic heterocycles. The molecule has 4 heteroatoms. The van der Waals surface area contributed by atoms with Gasteiger partial charge in [-0.05, 0) is 44.1 Å². The fourth-order valence-electron chi connectivity index (χ4n) is 2.39. The van der Waals surface area contributed by atoms with Crippen molar-refractivity contribution >= 4 is 5.91 Å². The van der Waals surface area contributed by atoms with Gasteiger partial charge in [-0.15, -0.1) is 0 Å². The van der Waals surface area contributed by atoms with Gasteiger partial charge in [-0.1, -0.05) is 26.2 Å². The van der Waals surface area contributed by atoms with Gasteiger partial charge in [0.05, 0.1) is 0 Å². The van der Waals surface area contributed by atoms with Crippen LogP contribution in [-0.4, -0.2) is 25.7 Å². The molecule has 1 amide bonds. The number of carbonyl (C=O) groups excluding carboxylic acids is 1. The van der Waals surface area contributed by atoms with Crippen LogP contribution in [0.2, 0.25) is 0 Å². The number of amides is 1. The van der Waals surface area contributed by atoms with Crippen LogP contribution in [0.15, 0.2) is 11.4 Å². The zero-order valence-corrected chi connectivity index (χ0v) is 12.8. The molecular formula is C16H28FNO2. The van der Waals surface area contributed by atoms with Gasteiger partial charge in [0.1, 0.15) is 0 Å². The summed E-state index contributed by atoms with van der Waals surface area (Å²) in [4.78, 5) is 11.7. The summed E-state index contributed by atoms with van der Waals surface area (Å²) in [6.45, 7) is 5.91. The van der Waals surface area contributed by atoms with E-state index in [1.165, 1.54) is 6.42 Å². The molecule has 1 N–H and O–H groups in total. The Morgan fingerprint density at radius 1 is 1.25 bits per heavy atom. The third-order valence-electron chi connectivity index (χ3n) is 3.87. The lowest BCUT2D eigenvalue weighted by Crippen LogP contribution is -2.32. The maximum absolute atomic E-state index is 13.9. The number of hydrogen-bond donors (Lipinski definition) is 1. The molecule has 0 aromatic carbocycles. The predicted molar refractivity (Wildman–Crippen MR) is 79.1 cm³/mol. The number of hydrogen-bond acceptors (Lipinski definition) is 2. The molecule has 1 aliphatic rings. The van der Waals surface area contributed by atoms with Crippen molar-refractivity contribution in [3.63, 3.8) is 0 Å². The maximum atomic E-state index is 13.9. The van der Waals surface area contributed by atoms with Crippen molar-refractivity contribution in [2.45, 2.75) is 58.8 Å². The van der Waals surface area contributed by atoms with E-state index in [-0.39, 0.29) is 0 Å². The monoisotopic (exact) mass is 285 g/mol. The largest absolute Gasteiger partial charge is 0.381 e. The Morgan fingerprint density at radius 2 is 1.95 bits per heavy atom. The van der Waals surface area contributed by atoms with Crippen LogP contribution >= 0.6 is 0 Å². The molecule has 0 saturated carbocycles. The van der Waals surface area contributed by atoms with E-state index in [1.807, 2.05) is 0 Å². The van der Waals surface area contributed by atoms with Gasteiger partial charge in [0, 0.05) is 19.8 Å². The SMILES string of the molecule is CCCCCC/C(C)=C(/F)C(=O)NCC1CCOCC1. The van der Waals surface area contributed by atoms with Crippen molar-refractivity contribution < 1.29 is 13.9 Å². The summed E-state index contributed by atoms with van der Waals surface area (Å²) in [7, 11) is 0. The van der Waals surface area contributed by atoms with Gasteiger partial charge in [0.15, 0.2) is 5.83 Å². The van der Waals surface area contributed by atoms with Gasteiger partial charge in [0.25, 0.3) is 5.91 Å². The standard InChI is InChI=1S/C16H28FNO2/c1-3-4-5-6-7-13(2)15(17)16(19)18-12-14-8-10-20-11-9-14/h14H,3-12H2,1-2H3,(H,18,19)/b15-13+. The molecule has 3 nitrogen and oxygen atoms in total. The zero-order chi connectivity index (χ0) is 14.8. The number of rotatable bonds is 8. The third-order valence-corrected chi connectivity index (χ3v) is 3.87. The Labute approximate surface area is 122 Å². The van der Waals surface area contributed by atoms with Crippen LogP contribution in [0.5, 0.6) is 0 Å². The number of unbranched alkanes of at least 4 members (excludes halogenated alkanes) is 3. The third kappa shape index (κ3) is 6.51. The van der Waals surface area contributed by atoms with Crippen LogP contribution in [0.3, 0.4) is 0 Å². The minimum atomic E-state index is -0.589. The fraction of sp³-hybridized carbons (Fsp3) is 0.812. The summed E-state index contributed by atoms with van der Waals surface area (Å²) in [6.07, 6.45) is 6.96. The Bertz CT molecular complexity index is 322. The van der Waals surface area contributed by atoms with Gasteiger partial charge < -0.3 is 10.1 Å². The highest BCUT2D eigenvalue weighted by Crippen LogP contribution is 2.16. The van der Waals surface area contributed by atoms with E-state index in [0.717, 1.165) is 45.3 Å². The number of ether oxygens (including phenoxy) is 1. The summed E-state index contributed by atoms with van der Waals surface area (Å²) in [5.41, 5.74) is 0.575. The molecule has 0 aliphatic carbocycles. The van der Waals surface area contributed by atoms with Gasteiger partial charge in [-0.2, -0.15) is 0 Å². The van der Waals surface area contributed by atoms with E-state index in [4.69, 9.17) is 4.74 Å². The van der Waals surface area contributed by atoms with Crippen molar-refractivity contribution in [3.8, 4) is 0 Å². The summed E-state index contributed by atoms with van der Waals surface area (Å²) >= 11 is 0. The van der Waals surface area contributed by atoms with Crippen LogP contribution in [0.4, 0.5) is 4.39 Å². The molecule has 0 aromatic rings. The minimum Gasteiger partial charge on any atom is -0.381 e. The second-order valence-electron chi connectivity index (χ2n) is 5.67. The summed E-state index contributed by atoms with van der Waals surface area (Å²) in [5.74, 6) is -0.719. The topological polar surface area (TPSA) is 38.3 Å². The second kappa shape index (κ2) is 9.92. The smallest absolute Gasteiger partial charge is 0.279 e. The summed E-state index contributed by atoms with van der Waals surface area (Å²) in [5, 5.41) is 2.71. The number of allylic oxidation sites excluding steroid dienone is 1. The van der Waals surface area contributed by atoms with Crippen LogP contribution in [0.1, 0.15) is 58.8 Å². The molecule has 0 unspecified atom stereocenters. The molecular weight excluding hydrogens is 257 g/mol. The highest BCUT2D eigenvalue weighted by Gasteiger charge is 2.17. The lowest BCUT2D eigenvalue weighted by Gasteiger charge is -2.22. The van der Waals surface area contributed by atoms with Crippen LogP contribution in [-0.2, 0) is 9.53 Å². The molecule has 116 valence electrons. The molecule has 0 spiro atoms. The van der Waals surface area contributed by atoms with Crippen LogP contribution in [0.25, 0.3) is 0 Å². The molecule has 1 saturated heterocycles. The first-order chi connectivity index (χ1) is 9.65. The van der Waals surface area contributed by atoms with Crippen LogP contribution < -0.4 is 5.32 Å². The molecule has 0 radical (unpaired) electrons. The fourth-order valence-corrected chi connectivity index (χ4v) is 2.39. The second-order valence-corrected chi connectivity index (χ2v) is 5.67. The Hall–Kier alpha value is -0.900. The van der Waals surface area contributed by atoms with Gasteiger partial charge in [-0.3, -0.25) is 4.79 Å². The van der Waals surface area contributed by atoms with E-state index >= 15 is 0 Å². The first kappa shape index (κ1) is 17.2. The van der Waals surface area contributed by atoms with Crippen molar-refractivity contribution in [2.75, 3.05) is 19.8 Å². The highest BCUT2D eigenvalue weighted by atomic mass is 19.1. The molecule has 20 heavy (non-hydrogen) atoms. The van der Waals surface area contributed by atoms with Crippen molar-refractivity contribution in [3.05, 3.63) is 11.4 Å². The van der Waals surface area contributed by atoms with Crippen molar-refractivity contribution in [2.24, 2.45) is 5.92 Å². The van der Waals surface area contributed by atoms with E-state index in [2.05, 4.69) is 12.2 Å². The Balaban J connectivity index is 2.28. The first-order valence-corrected chi connectivity index (χ1v) is 7.86. The Kier molecular flexibility index (Phi) is 8.51. The lowest BCUT2D eigenvalue weighted by atomic mass is 10.0. The van der Waals surface area contributed by atoms with Gasteiger partial charge >= 0.3 is 0 Å². The Morgan fingerprint density at radius 3 is 2.60 bits per heavy atom. The average molecular weight is 285 g/mol. The average Bonchev–Trinajstić information content (AvgIpc) is 2.49. The highest BCUT2D eigenvalue weighted by molar-refractivity contribution is 5.91. The van der Waals surface area contributed by atoms with E-state index in [1.54, 1.807) is 6.92 Å². The first-order valence-electron chi connectivity index (χ1n) is 7.86. The summed E-state index contributed by atoms with van der Waals surface area (Å²) < 4.78 is 19.2.